The van der Waals surface area contributed by atoms with Crippen LogP contribution in [0.2, 0.25) is 0 Å². The second-order valence-electron chi connectivity index (χ2n) is 7.27. The molecule has 0 fully saturated rings. The Hall–Kier alpha value is -4.11. The molecule has 1 heterocycles. The van der Waals surface area contributed by atoms with Crippen molar-refractivity contribution in [3.8, 4) is 12.1 Å². The number of carbonyl (C=O) groups excluding carboxylic acids is 2. The molecule has 0 N–H and O–H groups in total. The van der Waals surface area contributed by atoms with E-state index in [2.05, 4.69) is 0 Å². The molecule has 0 saturated carbocycles. The Kier molecular flexibility index (Phi) is 6.55. The highest BCUT2D eigenvalue weighted by Crippen LogP contribution is 2.43. The normalized spacial score (nSPS) is 18.5. The number of hydrogen-bond donors (Lipinski definition) is 0. The lowest BCUT2D eigenvalue weighted by atomic mass is 9.76. The van der Waals surface area contributed by atoms with Crippen molar-refractivity contribution in [3.63, 3.8) is 0 Å². The van der Waals surface area contributed by atoms with Gasteiger partial charge in [0.25, 0.3) is 0 Å². The van der Waals surface area contributed by atoms with Gasteiger partial charge in [0.05, 0.1) is 35.4 Å². The first-order valence-corrected chi connectivity index (χ1v) is 9.92. The molecule has 0 saturated heterocycles. The average Bonchev–Trinajstić information content (AvgIpc) is 2.78. The quantitative estimate of drug-likeness (QED) is 0.495. The highest BCUT2D eigenvalue weighted by Gasteiger charge is 2.47. The number of carbonyl (C=O) groups is 2. The van der Waals surface area contributed by atoms with Crippen LogP contribution in [0, 0.1) is 28.6 Å². The Bertz CT molecular complexity index is 1200. The fraction of sp³-hybridized carbons (Fsp3) is 0.250. The Morgan fingerprint density at radius 1 is 1.12 bits per heavy atom. The van der Waals surface area contributed by atoms with E-state index in [-0.39, 0.29) is 23.6 Å². The van der Waals surface area contributed by atoms with Gasteiger partial charge in [-0.1, -0.05) is 18.2 Å². The number of esters is 1. The molecule has 2 unspecified atom stereocenters. The molecule has 2 aromatic carbocycles. The van der Waals surface area contributed by atoms with E-state index in [9.17, 15) is 28.0 Å². The van der Waals surface area contributed by atoms with E-state index >= 15 is 0 Å². The minimum Gasteiger partial charge on any atom is -0.465 e. The summed E-state index contributed by atoms with van der Waals surface area (Å²) in [5.74, 6) is -4.21. The maximum atomic E-state index is 13.5. The van der Waals surface area contributed by atoms with E-state index in [0.29, 0.717) is 11.1 Å². The number of rotatable bonds is 4. The number of halogens is 3. The predicted octanol–water partition coefficient (Wildman–Crippen LogP) is 4.68. The molecule has 2 atom stereocenters. The molecule has 2 aromatic rings. The van der Waals surface area contributed by atoms with Gasteiger partial charge in [0.15, 0.2) is 0 Å². The predicted molar refractivity (Wildman–Crippen MR) is 111 cm³/mol. The topological polar surface area (TPSA) is 94.2 Å². The van der Waals surface area contributed by atoms with Gasteiger partial charge in [0.2, 0.25) is 5.91 Å². The molecular formula is C24H18F3N3O3. The second kappa shape index (κ2) is 9.17. The van der Waals surface area contributed by atoms with Crippen LogP contribution in [0.1, 0.15) is 36.5 Å². The van der Waals surface area contributed by atoms with Crippen LogP contribution in [-0.4, -0.2) is 18.5 Å². The highest BCUT2D eigenvalue weighted by atomic mass is 19.4. The van der Waals surface area contributed by atoms with Crippen LogP contribution in [0.3, 0.4) is 0 Å². The maximum absolute atomic E-state index is 13.5. The van der Waals surface area contributed by atoms with Crippen LogP contribution in [-0.2, 0) is 20.5 Å². The largest absolute Gasteiger partial charge is 0.465 e. The van der Waals surface area contributed by atoms with Crippen molar-refractivity contribution in [2.75, 3.05) is 11.5 Å². The first-order chi connectivity index (χ1) is 15.6. The number of anilines is 1. The zero-order chi connectivity index (χ0) is 24.3. The van der Waals surface area contributed by atoms with Gasteiger partial charge in [0, 0.05) is 17.3 Å². The number of hydrogen-bond acceptors (Lipinski definition) is 5. The lowest BCUT2D eigenvalue weighted by Crippen LogP contribution is -2.47. The Labute approximate surface area is 188 Å². The van der Waals surface area contributed by atoms with Crippen molar-refractivity contribution < 1.29 is 27.5 Å². The van der Waals surface area contributed by atoms with Crippen molar-refractivity contribution in [2.45, 2.75) is 25.9 Å². The number of alkyl halides is 3. The van der Waals surface area contributed by atoms with Gasteiger partial charge >= 0.3 is 12.1 Å². The zero-order valence-electron chi connectivity index (χ0n) is 17.7. The summed E-state index contributed by atoms with van der Waals surface area (Å²) in [5.41, 5.74) is -0.168. The minimum atomic E-state index is -4.64. The van der Waals surface area contributed by atoms with Gasteiger partial charge in [-0.2, -0.15) is 23.7 Å². The van der Waals surface area contributed by atoms with Crippen molar-refractivity contribution in [2.24, 2.45) is 5.92 Å². The summed E-state index contributed by atoms with van der Waals surface area (Å²) < 4.78 is 44.9. The first kappa shape index (κ1) is 23.6. The summed E-state index contributed by atoms with van der Waals surface area (Å²) in [7, 11) is 0. The monoisotopic (exact) mass is 453 g/mol. The van der Waals surface area contributed by atoms with Crippen LogP contribution in [0.4, 0.5) is 18.9 Å². The standard InChI is InChI=1S/C24H18F3N3O3/c1-3-33-23(32)21-20(16-9-7-15(12-28)8-10-16)19(13-29)14(2)30(22(21)31)18-6-4-5-17(11-18)24(25,26)27/h4-11,20-21H,3H2,1-2H3. The summed E-state index contributed by atoms with van der Waals surface area (Å²) in [4.78, 5) is 27.3. The summed E-state index contributed by atoms with van der Waals surface area (Å²) in [5, 5.41) is 19.0. The van der Waals surface area contributed by atoms with Crippen molar-refractivity contribution in [1.82, 2.24) is 0 Å². The second-order valence-corrected chi connectivity index (χ2v) is 7.27. The van der Waals surface area contributed by atoms with Gasteiger partial charge in [-0.15, -0.1) is 0 Å². The van der Waals surface area contributed by atoms with Gasteiger partial charge in [0.1, 0.15) is 5.92 Å². The average molecular weight is 453 g/mol. The molecule has 0 radical (unpaired) electrons. The van der Waals surface area contributed by atoms with Crippen LogP contribution in [0.15, 0.2) is 59.8 Å². The van der Waals surface area contributed by atoms with E-state index in [1.165, 1.54) is 37.3 Å². The third kappa shape index (κ3) is 4.44. The molecule has 1 aliphatic heterocycles. The van der Waals surface area contributed by atoms with Crippen LogP contribution < -0.4 is 4.90 Å². The van der Waals surface area contributed by atoms with E-state index in [4.69, 9.17) is 10.00 Å². The molecule has 9 heteroatoms. The molecule has 0 aromatic heterocycles. The molecule has 6 nitrogen and oxygen atoms in total. The number of nitriles is 2. The Morgan fingerprint density at radius 3 is 2.33 bits per heavy atom. The number of benzene rings is 2. The van der Waals surface area contributed by atoms with Crippen molar-refractivity contribution in [1.29, 1.82) is 10.5 Å². The SMILES string of the molecule is CCOC(=O)C1C(=O)N(c2cccc(C(F)(F)F)c2)C(C)=C(C#N)C1c1ccc(C#N)cc1. The summed E-state index contributed by atoms with van der Waals surface area (Å²) in [6, 6.07) is 14.1. The number of allylic oxidation sites excluding steroid dienone is 2. The fourth-order valence-corrected chi connectivity index (χ4v) is 3.84. The number of ether oxygens (including phenoxy) is 1. The maximum Gasteiger partial charge on any atom is 0.416 e. The fourth-order valence-electron chi connectivity index (χ4n) is 3.84. The molecule has 0 spiro atoms. The first-order valence-electron chi connectivity index (χ1n) is 9.92. The molecule has 0 bridgehead atoms. The van der Waals surface area contributed by atoms with Crippen molar-refractivity contribution >= 4 is 17.6 Å². The van der Waals surface area contributed by atoms with Crippen LogP contribution >= 0.6 is 0 Å². The summed E-state index contributed by atoms with van der Waals surface area (Å²) >= 11 is 0. The van der Waals surface area contributed by atoms with Gasteiger partial charge in [-0.3, -0.25) is 14.5 Å². The summed E-state index contributed by atoms with van der Waals surface area (Å²) in [6.07, 6.45) is -4.64. The lowest BCUT2D eigenvalue weighted by molar-refractivity contribution is -0.152. The third-order valence-corrected chi connectivity index (χ3v) is 5.35. The zero-order valence-corrected chi connectivity index (χ0v) is 17.7. The molecule has 1 amide bonds. The van der Waals surface area contributed by atoms with E-state index < -0.39 is 35.5 Å². The smallest absolute Gasteiger partial charge is 0.416 e. The molecule has 168 valence electrons. The van der Waals surface area contributed by atoms with E-state index in [1.807, 2.05) is 12.1 Å². The highest BCUT2D eigenvalue weighted by molar-refractivity contribution is 6.10. The Morgan fingerprint density at radius 2 is 1.79 bits per heavy atom. The van der Waals surface area contributed by atoms with E-state index in [1.54, 1.807) is 6.92 Å². The Balaban J connectivity index is 2.23. The molecule has 1 aliphatic rings. The molecular weight excluding hydrogens is 435 g/mol. The molecule has 33 heavy (non-hydrogen) atoms. The van der Waals surface area contributed by atoms with Crippen LogP contribution in [0.25, 0.3) is 0 Å². The number of nitrogens with zero attached hydrogens (tertiary/aromatic N) is 3. The minimum absolute atomic E-state index is 0.0309. The van der Waals surface area contributed by atoms with E-state index in [0.717, 1.165) is 23.1 Å². The molecule has 0 aliphatic carbocycles. The van der Waals surface area contributed by atoms with Crippen molar-refractivity contribution in [3.05, 3.63) is 76.5 Å². The van der Waals surface area contributed by atoms with Gasteiger partial charge in [-0.25, -0.2) is 0 Å². The third-order valence-electron chi connectivity index (χ3n) is 5.35. The molecule has 3 rings (SSSR count). The lowest BCUT2D eigenvalue weighted by Gasteiger charge is -2.37. The van der Waals surface area contributed by atoms with Gasteiger partial charge in [-0.05, 0) is 49.7 Å². The summed E-state index contributed by atoms with van der Waals surface area (Å²) in [6.45, 7) is 2.96. The van der Waals surface area contributed by atoms with Gasteiger partial charge < -0.3 is 4.74 Å². The van der Waals surface area contributed by atoms with Crippen LogP contribution in [0.5, 0.6) is 0 Å². The number of amides is 1.